The molecule has 1 saturated carbocycles. The van der Waals surface area contributed by atoms with Crippen molar-refractivity contribution in [1.82, 2.24) is 14.0 Å². The van der Waals surface area contributed by atoms with Crippen LogP contribution in [-0.2, 0) is 6.54 Å². The number of carbonyl (C=O) groups is 1. The van der Waals surface area contributed by atoms with Gasteiger partial charge in [0.25, 0.3) is 0 Å². The summed E-state index contributed by atoms with van der Waals surface area (Å²) in [5, 5.41) is 29.1. The van der Waals surface area contributed by atoms with Gasteiger partial charge in [-0.1, -0.05) is 11.6 Å². The molecule has 2 fully saturated rings. The normalized spacial score (nSPS) is 16.1. The second kappa shape index (κ2) is 11.4. The van der Waals surface area contributed by atoms with Gasteiger partial charge in [-0.05, 0) is 69.2 Å². The van der Waals surface area contributed by atoms with Gasteiger partial charge in [0.1, 0.15) is 11.4 Å². The molecule has 0 bridgehead atoms. The number of azo groups is 1. The quantitative estimate of drug-likeness (QED) is 0.194. The van der Waals surface area contributed by atoms with Crippen LogP contribution in [0.4, 0.5) is 15.8 Å². The summed E-state index contributed by atoms with van der Waals surface area (Å²) in [6, 6.07) is 8.88. The lowest BCUT2D eigenvalue weighted by Gasteiger charge is -2.36. The highest BCUT2D eigenvalue weighted by Gasteiger charge is 2.28. The number of hydrogen-bond donors (Lipinski definition) is 3. The summed E-state index contributed by atoms with van der Waals surface area (Å²) in [7, 11) is 0. The van der Waals surface area contributed by atoms with Crippen molar-refractivity contribution in [2.24, 2.45) is 16.0 Å². The molecule has 1 saturated heterocycles. The molecule has 4 aromatic rings. The molecule has 2 aliphatic rings. The maximum atomic E-state index is 15.3. The van der Waals surface area contributed by atoms with E-state index in [1.165, 1.54) is 12.3 Å². The number of halogens is 1. The Bertz CT molecular complexity index is 1860. The van der Waals surface area contributed by atoms with E-state index in [1.807, 2.05) is 39.2 Å². The molecule has 2 aromatic heterocycles. The minimum atomic E-state index is -1.31. The number of anilines is 1. The number of carboxylic acid groups (broad SMARTS) is 1. The van der Waals surface area contributed by atoms with Crippen molar-refractivity contribution >= 4 is 56.5 Å². The van der Waals surface area contributed by atoms with Crippen molar-refractivity contribution in [2.75, 3.05) is 37.6 Å². The minimum absolute atomic E-state index is 0.0114. The highest BCUT2D eigenvalue weighted by atomic mass is 32.1. The van der Waals surface area contributed by atoms with E-state index in [-0.39, 0.29) is 28.0 Å². The number of aromatic nitrogens is 2. The Morgan fingerprint density at radius 2 is 1.84 bits per heavy atom. The summed E-state index contributed by atoms with van der Waals surface area (Å²) < 4.78 is 19.0. The Balaban J connectivity index is 1.15. The van der Waals surface area contributed by atoms with Crippen molar-refractivity contribution in [3.05, 3.63) is 63.7 Å². The van der Waals surface area contributed by atoms with Crippen LogP contribution < -0.4 is 16.1 Å². The minimum Gasteiger partial charge on any atom is -0.493 e. The molecule has 3 heterocycles. The topological polar surface area (TPSA) is 142 Å². The van der Waals surface area contributed by atoms with Gasteiger partial charge in [0.2, 0.25) is 16.4 Å². The molecule has 4 N–H and O–H groups in total. The number of nitrogens with two attached hydrogens (primary N) is 1. The number of hydrogen-bond acceptors (Lipinski definition) is 7. The smallest absolute Gasteiger partial charge is 0.341 e. The van der Waals surface area contributed by atoms with Crippen LogP contribution in [0.15, 0.2) is 51.6 Å². The van der Waals surface area contributed by atoms with Crippen LogP contribution in [-0.4, -0.2) is 68.1 Å². The number of nitrogens with zero attached hydrogens (tertiary/aromatic N) is 6. The van der Waals surface area contributed by atoms with Crippen molar-refractivity contribution in [3.8, 4) is 5.88 Å². The van der Waals surface area contributed by atoms with Gasteiger partial charge >= 0.3 is 5.97 Å². The van der Waals surface area contributed by atoms with E-state index in [4.69, 9.17) is 18.0 Å². The number of piperazine rings is 1. The summed E-state index contributed by atoms with van der Waals surface area (Å²) in [5.74, 6) is -1.83. The maximum Gasteiger partial charge on any atom is 0.341 e. The van der Waals surface area contributed by atoms with Crippen molar-refractivity contribution in [1.29, 1.82) is 0 Å². The Morgan fingerprint density at radius 3 is 2.51 bits per heavy atom. The SMILES string of the molecule is Cc1ccc2c(c1)c(N=NC(N)=S)c(O)n2CCCN1CCN(c2cc3c(cc2F)c(=O)c(C(=O)O)cn3C2CC2)CC1. The van der Waals surface area contributed by atoms with Gasteiger partial charge in [0, 0.05) is 55.7 Å². The highest BCUT2D eigenvalue weighted by Crippen LogP contribution is 2.40. The Labute approximate surface area is 251 Å². The first kappa shape index (κ1) is 28.7. The number of benzene rings is 2. The summed E-state index contributed by atoms with van der Waals surface area (Å²) >= 11 is 4.81. The maximum absolute atomic E-state index is 15.3. The van der Waals surface area contributed by atoms with E-state index >= 15 is 4.39 Å². The van der Waals surface area contributed by atoms with E-state index in [0.29, 0.717) is 36.5 Å². The fourth-order valence-electron chi connectivity index (χ4n) is 5.93. The number of rotatable bonds is 8. The van der Waals surface area contributed by atoms with Crippen LogP contribution in [0.2, 0.25) is 0 Å². The highest BCUT2D eigenvalue weighted by molar-refractivity contribution is 7.80. The molecule has 0 unspecified atom stereocenters. The average Bonchev–Trinajstić information content (AvgIpc) is 3.78. The zero-order valence-corrected chi connectivity index (χ0v) is 24.5. The van der Waals surface area contributed by atoms with Crippen LogP contribution >= 0.6 is 12.2 Å². The van der Waals surface area contributed by atoms with Gasteiger partial charge in [-0.2, -0.15) is 0 Å². The summed E-state index contributed by atoms with van der Waals surface area (Å²) in [5.41, 5.74) is 7.67. The molecule has 1 aliphatic carbocycles. The number of thiocarbonyl (C=S) groups is 1. The number of aromatic carboxylic acids is 1. The molecule has 2 aromatic carbocycles. The lowest BCUT2D eigenvalue weighted by Crippen LogP contribution is -2.47. The molecule has 13 heteroatoms. The zero-order valence-electron chi connectivity index (χ0n) is 23.7. The lowest BCUT2D eigenvalue weighted by atomic mass is 10.1. The third kappa shape index (κ3) is 5.57. The number of carboxylic acids is 1. The van der Waals surface area contributed by atoms with Crippen molar-refractivity contribution < 1.29 is 19.4 Å². The van der Waals surface area contributed by atoms with Crippen molar-refractivity contribution in [3.63, 3.8) is 0 Å². The molecule has 1 aliphatic heterocycles. The largest absolute Gasteiger partial charge is 0.493 e. The standard InChI is InChI=1S/C30H32FN7O4S/c1-17-3-6-23-19(13-17)26(33-34-30(32)43)28(40)37(23)8-2-7-35-9-11-36(12-10-35)25-15-24-20(14-22(25)31)27(39)21(29(41)42)16-38(24)18-4-5-18/h3,6,13-16,18,40H,2,4-5,7-12H2,1H3,(H2,32,43)(H,41,42). The first-order chi connectivity index (χ1) is 20.6. The van der Waals surface area contributed by atoms with E-state index in [1.54, 1.807) is 6.07 Å². The first-order valence-corrected chi connectivity index (χ1v) is 14.6. The Hall–Kier alpha value is -4.36. The van der Waals surface area contributed by atoms with Gasteiger partial charge in [0.15, 0.2) is 5.69 Å². The van der Waals surface area contributed by atoms with E-state index in [0.717, 1.165) is 55.4 Å². The second-order valence-corrected chi connectivity index (χ2v) is 11.6. The van der Waals surface area contributed by atoms with Crippen LogP contribution in [0.1, 0.15) is 41.2 Å². The molecule has 0 spiro atoms. The predicted octanol–water partition coefficient (Wildman–Crippen LogP) is 4.68. The molecule has 0 atom stereocenters. The van der Waals surface area contributed by atoms with Crippen LogP contribution in [0.25, 0.3) is 21.8 Å². The van der Waals surface area contributed by atoms with Gasteiger partial charge in [-0.25, -0.2) is 9.18 Å². The third-order valence-electron chi connectivity index (χ3n) is 8.25. The van der Waals surface area contributed by atoms with Crippen LogP contribution in [0.5, 0.6) is 5.88 Å². The Kier molecular flexibility index (Phi) is 7.61. The molecule has 0 amide bonds. The van der Waals surface area contributed by atoms with E-state index in [2.05, 4.69) is 15.1 Å². The molecular formula is C30H32FN7O4S. The number of fused-ring (bicyclic) bond motifs is 2. The van der Waals surface area contributed by atoms with E-state index < -0.39 is 17.2 Å². The van der Waals surface area contributed by atoms with E-state index in [9.17, 15) is 19.8 Å². The lowest BCUT2D eigenvalue weighted by molar-refractivity contribution is 0.0694. The number of aryl methyl sites for hydroxylation is 2. The molecule has 43 heavy (non-hydrogen) atoms. The first-order valence-electron chi connectivity index (χ1n) is 14.2. The zero-order chi connectivity index (χ0) is 30.4. The van der Waals surface area contributed by atoms with Gasteiger partial charge in [-0.15, -0.1) is 10.2 Å². The number of pyridine rings is 1. The molecule has 224 valence electrons. The molecule has 0 radical (unpaired) electrons. The van der Waals surface area contributed by atoms with Crippen LogP contribution in [0.3, 0.4) is 0 Å². The fourth-order valence-corrected chi connectivity index (χ4v) is 5.98. The second-order valence-electron chi connectivity index (χ2n) is 11.2. The summed E-state index contributed by atoms with van der Waals surface area (Å²) in [4.78, 5) is 28.7. The summed E-state index contributed by atoms with van der Waals surface area (Å²) in [6.45, 7) is 5.94. The third-order valence-corrected chi connectivity index (χ3v) is 8.34. The predicted molar refractivity (Wildman–Crippen MR) is 166 cm³/mol. The summed E-state index contributed by atoms with van der Waals surface area (Å²) in [6.07, 6.45) is 3.95. The van der Waals surface area contributed by atoms with Gasteiger partial charge < -0.3 is 30.0 Å². The van der Waals surface area contributed by atoms with Gasteiger partial charge in [0.05, 0.1) is 16.7 Å². The van der Waals surface area contributed by atoms with Crippen LogP contribution in [0, 0.1) is 12.7 Å². The van der Waals surface area contributed by atoms with Gasteiger partial charge in [-0.3, -0.25) is 9.69 Å². The van der Waals surface area contributed by atoms with Crippen molar-refractivity contribution in [2.45, 2.75) is 38.8 Å². The monoisotopic (exact) mass is 605 g/mol. The molecule has 11 nitrogen and oxygen atoms in total. The average molecular weight is 606 g/mol. The number of aromatic hydroxyl groups is 1. The molecule has 6 rings (SSSR count). The fraction of sp³-hybridized carbons (Fsp3) is 0.367. The Morgan fingerprint density at radius 1 is 1.09 bits per heavy atom. The molecular weight excluding hydrogens is 573 g/mol.